The van der Waals surface area contributed by atoms with Crippen molar-refractivity contribution in [3.63, 3.8) is 0 Å². The minimum Gasteiger partial charge on any atom is -0.396 e. The quantitative estimate of drug-likeness (QED) is 0.858. The summed E-state index contributed by atoms with van der Waals surface area (Å²) in [4.78, 5) is 25.7. The van der Waals surface area contributed by atoms with Crippen molar-refractivity contribution in [3.05, 3.63) is 34.3 Å². The Balaban J connectivity index is 1.78. The van der Waals surface area contributed by atoms with Crippen molar-refractivity contribution < 1.29 is 14.7 Å². The van der Waals surface area contributed by atoms with Crippen LogP contribution in [-0.4, -0.2) is 48.1 Å². The van der Waals surface area contributed by atoms with Crippen LogP contribution in [0.15, 0.2) is 28.7 Å². The van der Waals surface area contributed by atoms with Gasteiger partial charge >= 0.3 is 0 Å². The highest BCUT2D eigenvalue weighted by Gasteiger charge is 2.22. The van der Waals surface area contributed by atoms with Gasteiger partial charge in [-0.2, -0.15) is 0 Å². The second kappa shape index (κ2) is 7.56. The lowest BCUT2D eigenvalue weighted by Crippen LogP contribution is -2.44. The first-order valence-electron chi connectivity index (χ1n) is 7.02. The SMILES string of the molecule is O=C(NCC(=O)N1CCC(CO)CC1)c1ccc(Br)cc1. The van der Waals surface area contributed by atoms with Gasteiger partial charge in [-0.05, 0) is 43.0 Å². The Kier molecular flexibility index (Phi) is 5.76. The molecule has 1 heterocycles. The highest BCUT2D eigenvalue weighted by Crippen LogP contribution is 2.16. The van der Waals surface area contributed by atoms with Crippen LogP contribution >= 0.6 is 15.9 Å². The molecule has 114 valence electrons. The average Bonchev–Trinajstić information content (AvgIpc) is 2.53. The van der Waals surface area contributed by atoms with Gasteiger partial charge in [0.2, 0.25) is 5.91 Å². The van der Waals surface area contributed by atoms with Crippen LogP contribution in [0.25, 0.3) is 0 Å². The number of rotatable bonds is 4. The van der Waals surface area contributed by atoms with E-state index < -0.39 is 0 Å². The molecule has 0 bridgehead atoms. The number of benzene rings is 1. The number of carbonyl (C=O) groups is 2. The number of piperidine rings is 1. The van der Waals surface area contributed by atoms with E-state index >= 15 is 0 Å². The molecule has 0 aromatic heterocycles. The highest BCUT2D eigenvalue weighted by molar-refractivity contribution is 9.10. The Morgan fingerprint density at radius 2 is 1.86 bits per heavy atom. The zero-order chi connectivity index (χ0) is 15.2. The molecule has 0 atom stereocenters. The van der Waals surface area contributed by atoms with Gasteiger partial charge in [0.25, 0.3) is 5.91 Å². The van der Waals surface area contributed by atoms with Crippen LogP contribution < -0.4 is 5.32 Å². The lowest BCUT2D eigenvalue weighted by molar-refractivity contribution is -0.131. The van der Waals surface area contributed by atoms with Crippen molar-refractivity contribution in [1.29, 1.82) is 0 Å². The Hall–Kier alpha value is -1.40. The zero-order valence-corrected chi connectivity index (χ0v) is 13.3. The molecule has 0 aliphatic carbocycles. The minimum absolute atomic E-state index is 0.0126. The van der Waals surface area contributed by atoms with E-state index in [0.29, 0.717) is 24.6 Å². The first kappa shape index (κ1) is 16.0. The number of aliphatic hydroxyl groups excluding tert-OH is 1. The van der Waals surface area contributed by atoms with E-state index in [1.54, 1.807) is 29.2 Å². The van der Waals surface area contributed by atoms with Gasteiger partial charge in [-0.1, -0.05) is 15.9 Å². The number of aliphatic hydroxyl groups is 1. The van der Waals surface area contributed by atoms with Gasteiger partial charge in [-0.25, -0.2) is 0 Å². The van der Waals surface area contributed by atoms with Crippen LogP contribution in [0.2, 0.25) is 0 Å². The van der Waals surface area contributed by atoms with E-state index in [9.17, 15) is 9.59 Å². The van der Waals surface area contributed by atoms with Gasteiger partial charge in [-0.3, -0.25) is 9.59 Å². The Labute approximate surface area is 132 Å². The number of hydrogen-bond donors (Lipinski definition) is 2. The molecule has 1 aromatic rings. The summed E-state index contributed by atoms with van der Waals surface area (Å²) in [6, 6.07) is 6.99. The molecule has 0 unspecified atom stereocenters. The number of nitrogens with one attached hydrogen (secondary N) is 1. The van der Waals surface area contributed by atoms with Crippen LogP contribution in [0.3, 0.4) is 0 Å². The Bertz CT molecular complexity index is 496. The second-order valence-electron chi connectivity index (χ2n) is 5.20. The van der Waals surface area contributed by atoms with Crippen LogP contribution in [-0.2, 0) is 4.79 Å². The maximum Gasteiger partial charge on any atom is 0.251 e. The lowest BCUT2D eigenvalue weighted by Gasteiger charge is -2.31. The van der Waals surface area contributed by atoms with E-state index in [1.165, 1.54) is 0 Å². The molecule has 1 aromatic carbocycles. The molecule has 1 saturated heterocycles. The average molecular weight is 355 g/mol. The van der Waals surface area contributed by atoms with Crippen molar-refractivity contribution in [3.8, 4) is 0 Å². The summed E-state index contributed by atoms with van der Waals surface area (Å²) >= 11 is 3.31. The van der Waals surface area contributed by atoms with Gasteiger partial charge in [-0.15, -0.1) is 0 Å². The summed E-state index contributed by atoms with van der Waals surface area (Å²) in [5.74, 6) is -0.0237. The van der Waals surface area contributed by atoms with E-state index in [1.807, 2.05) is 0 Å². The molecule has 2 N–H and O–H groups in total. The number of nitrogens with zero attached hydrogens (tertiary/aromatic N) is 1. The fraction of sp³-hybridized carbons (Fsp3) is 0.467. The second-order valence-corrected chi connectivity index (χ2v) is 6.11. The summed E-state index contributed by atoms with van der Waals surface area (Å²) in [6.45, 7) is 1.50. The molecule has 1 aliphatic rings. The Morgan fingerprint density at radius 3 is 2.43 bits per heavy atom. The number of carbonyl (C=O) groups excluding carboxylic acids is 2. The molecular formula is C15H19BrN2O3. The molecule has 0 radical (unpaired) electrons. The third kappa shape index (κ3) is 4.54. The first-order chi connectivity index (χ1) is 10.1. The number of amides is 2. The topological polar surface area (TPSA) is 69.6 Å². The molecule has 5 nitrogen and oxygen atoms in total. The smallest absolute Gasteiger partial charge is 0.251 e. The Morgan fingerprint density at radius 1 is 1.24 bits per heavy atom. The van der Waals surface area contributed by atoms with Crippen molar-refractivity contribution >= 4 is 27.7 Å². The third-order valence-electron chi connectivity index (χ3n) is 3.73. The fourth-order valence-corrected chi connectivity index (χ4v) is 2.60. The van der Waals surface area contributed by atoms with Gasteiger partial charge < -0.3 is 15.3 Å². The van der Waals surface area contributed by atoms with Crippen molar-refractivity contribution in [1.82, 2.24) is 10.2 Å². The minimum atomic E-state index is -0.249. The highest BCUT2D eigenvalue weighted by atomic mass is 79.9. The lowest BCUT2D eigenvalue weighted by atomic mass is 9.98. The van der Waals surface area contributed by atoms with Crippen molar-refractivity contribution in [2.45, 2.75) is 12.8 Å². The molecule has 0 saturated carbocycles. The van der Waals surface area contributed by atoms with Gasteiger partial charge in [0.05, 0.1) is 6.54 Å². The molecule has 0 spiro atoms. The molecule has 21 heavy (non-hydrogen) atoms. The third-order valence-corrected chi connectivity index (χ3v) is 4.26. The number of halogens is 1. The van der Waals surface area contributed by atoms with Crippen molar-refractivity contribution in [2.24, 2.45) is 5.92 Å². The molecule has 1 aliphatic heterocycles. The van der Waals surface area contributed by atoms with E-state index in [0.717, 1.165) is 17.3 Å². The summed E-state index contributed by atoms with van der Waals surface area (Å²) in [5.41, 5.74) is 0.532. The van der Waals surface area contributed by atoms with E-state index in [-0.39, 0.29) is 25.0 Å². The molecule has 2 rings (SSSR count). The number of likely N-dealkylation sites (tertiary alicyclic amines) is 1. The molecule has 2 amide bonds. The summed E-state index contributed by atoms with van der Waals surface area (Å²) in [5, 5.41) is 11.7. The standard InChI is InChI=1S/C15H19BrN2O3/c16-13-3-1-12(2-4-13)15(21)17-9-14(20)18-7-5-11(10-19)6-8-18/h1-4,11,19H,5-10H2,(H,17,21). The predicted octanol–water partition coefficient (Wildman–Crippen LogP) is 1.41. The maximum atomic E-state index is 12.0. The van der Waals surface area contributed by atoms with Gasteiger partial charge in [0.15, 0.2) is 0 Å². The van der Waals surface area contributed by atoms with Gasteiger partial charge in [0, 0.05) is 29.7 Å². The summed E-state index contributed by atoms with van der Waals surface area (Å²) in [7, 11) is 0. The molecule has 1 fully saturated rings. The largest absolute Gasteiger partial charge is 0.396 e. The number of hydrogen-bond acceptors (Lipinski definition) is 3. The fourth-order valence-electron chi connectivity index (χ4n) is 2.34. The maximum absolute atomic E-state index is 12.0. The van der Waals surface area contributed by atoms with Crippen LogP contribution in [0.5, 0.6) is 0 Å². The monoisotopic (exact) mass is 354 g/mol. The van der Waals surface area contributed by atoms with Crippen LogP contribution in [0.1, 0.15) is 23.2 Å². The first-order valence-corrected chi connectivity index (χ1v) is 7.82. The summed E-state index contributed by atoms with van der Waals surface area (Å²) in [6.07, 6.45) is 1.64. The summed E-state index contributed by atoms with van der Waals surface area (Å²) < 4.78 is 0.905. The zero-order valence-electron chi connectivity index (χ0n) is 11.7. The van der Waals surface area contributed by atoms with Crippen molar-refractivity contribution in [2.75, 3.05) is 26.2 Å². The molecule has 6 heteroatoms. The molecular weight excluding hydrogens is 336 g/mol. The van der Waals surface area contributed by atoms with Crippen LogP contribution in [0.4, 0.5) is 0 Å². The predicted molar refractivity (Wildman–Crippen MR) is 82.9 cm³/mol. The van der Waals surface area contributed by atoms with E-state index in [4.69, 9.17) is 5.11 Å². The van der Waals surface area contributed by atoms with Crippen LogP contribution in [0, 0.1) is 5.92 Å². The van der Waals surface area contributed by atoms with Gasteiger partial charge in [0.1, 0.15) is 0 Å². The normalized spacial score (nSPS) is 15.8. The van der Waals surface area contributed by atoms with E-state index in [2.05, 4.69) is 21.2 Å².